The Hall–Kier alpha value is -2.61. The number of ether oxygens (including phenoxy) is 1. The van der Waals surface area contributed by atoms with Gasteiger partial charge in [-0.15, -0.1) is 0 Å². The van der Waals surface area contributed by atoms with Crippen molar-refractivity contribution in [2.24, 2.45) is 5.92 Å². The number of amides is 1. The summed E-state index contributed by atoms with van der Waals surface area (Å²) in [4.78, 5) is 34.2. The molecule has 0 bridgehead atoms. The molecule has 0 radical (unpaired) electrons. The fourth-order valence-corrected chi connectivity index (χ4v) is 2.33. The third-order valence-corrected chi connectivity index (χ3v) is 3.62. The number of alkyl carbamates (subject to hydrolysis) is 1. The van der Waals surface area contributed by atoms with Crippen molar-refractivity contribution in [1.82, 2.24) is 10.6 Å². The zero-order chi connectivity index (χ0) is 19.5. The molecule has 144 valence electrons. The van der Waals surface area contributed by atoms with Gasteiger partial charge in [0, 0.05) is 6.54 Å². The van der Waals surface area contributed by atoms with Crippen LogP contribution >= 0.6 is 0 Å². The van der Waals surface area contributed by atoms with Crippen LogP contribution in [0.5, 0.6) is 0 Å². The number of aliphatic carboxylic acids is 2. The van der Waals surface area contributed by atoms with Gasteiger partial charge in [0.05, 0.1) is 0 Å². The van der Waals surface area contributed by atoms with Gasteiger partial charge in [-0.1, -0.05) is 44.2 Å². The Kier molecular flexibility index (Phi) is 9.14. The van der Waals surface area contributed by atoms with E-state index in [9.17, 15) is 24.6 Å². The molecule has 2 unspecified atom stereocenters. The van der Waals surface area contributed by atoms with Crippen LogP contribution < -0.4 is 10.6 Å². The second-order valence-corrected chi connectivity index (χ2v) is 6.36. The number of benzene rings is 1. The Morgan fingerprint density at radius 2 is 1.65 bits per heavy atom. The molecule has 1 rings (SSSR count). The lowest BCUT2D eigenvalue weighted by Gasteiger charge is -2.21. The highest BCUT2D eigenvalue weighted by Crippen LogP contribution is 2.07. The molecule has 0 heterocycles. The molecule has 0 aliphatic rings. The summed E-state index contributed by atoms with van der Waals surface area (Å²) in [5, 5.41) is 23.5. The van der Waals surface area contributed by atoms with Crippen LogP contribution in [-0.2, 0) is 20.9 Å². The number of carboxylic acids is 2. The first-order valence-electron chi connectivity index (χ1n) is 8.45. The second kappa shape index (κ2) is 11.1. The minimum Gasteiger partial charge on any atom is -0.480 e. The van der Waals surface area contributed by atoms with Crippen molar-refractivity contribution < 1.29 is 29.3 Å². The summed E-state index contributed by atoms with van der Waals surface area (Å²) in [5.41, 5.74) is 0.839. The molecule has 1 aromatic rings. The molecule has 1 amide bonds. The number of carbonyl (C=O) groups excluding carboxylic acids is 1. The smallest absolute Gasteiger partial charge is 0.407 e. The molecule has 8 heteroatoms. The summed E-state index contributed by atoms with van der Waals surface area (Å²) < 4.78 is 5.03. The summed E-state index contributed by atoms with van der Waals surface area (Å²) in [6.45, 7) is 3.88. The van der Waals surface area contributed by atoms with Crippen LogP contribution in [-0.4, -0.2) is 46.9 Å². The van der Waals surface area contributed by atoms with E-state index >= 15 is 0 Å². The summed E-state index contributed by atoms with van der Waals surface area (Å²) in [6, 6.07) is 7.11. The Labute approximate surface area is 152 Å². The van der Waals surface area contributed by atoms with Crippen molar-refractivity contribution in [3.05, 3.63) is 35.9 Å². The van der Waals surface area contributed by atoms with Gasteiger partial charge in [0.2, 0.25) is 0 Å². The van der Waals surface area contributed by atoms with Crippen molar-refractivity contribution in [2.45, 2.75) is 45.4 Å². The quantitative estimate of drug-likeness (QED) is 0.471. The van der Waals surface area contributed by atoms with Gasteiger partial charge in [-0.05, 0) is 24.3 Å². The molecular weight excluding hydrogens is 340 g/mol. The predicted molar refractivity (Wildman–Crippen MR) is 94.7 cm³/mol. The zero-order valence-electron chi connectivity index (χ0n) is 15.0. The number of hydrogen-bond donors (Lipinski definition) is 4. The van der Waals surface area contributed by atoms with Gasteiger partial charge in [-0.25, -0.2) is 4.79 Å². The van der Waals surface area contributed by atoms with E-state index in [1.54, 1.807) is 0 Å². The molecule has 0 spiro atoms. The molecule has 8 nitrogen and oxygen atoms in total. The monoisotopic (exact) mass is 366 g/mol. The summed E-state index contributed by atoms with van der Waals surface area (Å²) in [5.74, 6) is -2.16. The largest absolute Gasteiger partial charge is 0.480 e. The van der Waals surface area contributed by atoms with Crippen LogP contribution in [0.1, 0.15) is 32.3 Å². The van der Waals surface area contributed by atoms with Crippen LogP contribution in [0.4, 0.5) is 4.79 Å². The minimum absolute atomic E-state index is 0.0393. The molecule has 26 heavy (non-hydrogen) atoms. The van der Waals surface area contributed by atoms with E-state index in [-0.39, 0.29) is 25.5 Å². The number of hydrogen-bond acceptors (Lipinski definition) is 5. The van der Waals surface area contributed by atoms with E-state index < -0.39 is 30.1 Å². The van der Waals surface area contributed by atoms with Gasteiger partial charge in [-0.2, -0.15) is 0 Å². The van der Waals surface area contributed by atoms with E-state index in [0.717, 1.165) is 5.56 Å². The Morgan fingerprint density at radius 1 is 1.04 bits per heavy atom. The van der Waals surface area contributed by atoms with Crippen LogP contribution in [0.15, 0.2) is 30.3 Å². The van der Waals surface area contributed by atoms with E-state index in [1.807, 2.05) is 44.2 Å². The second-order valence-electron chi connectivity index (χ2n) is 6.36. The average Bonchev–Trinajstić information content (AvgIpc) is 2.58. The van der Waals surface area contributed by atoms with Gasteiger partial charge >= 0.3 is 18.0 Å². The molecule has 0 aliphatic heterocycles. The third kappa shape index (κ3) is 8.48. The molecular formula is C18H26N2O6. The third-order valence-electron chi connectivity index (χ3n) is 3.62. The molecule has 0 aromatic heterocycles. The maximum absolute atomic E-state index is 11.6. The van der Waals surface area contributed by atoms with E-state index in [1.165, 1.54) is 0 Å². The number of carboxylic acid groups (broad SMARTS) is 2. The van der Waals surface area contributed by atoms with Gasteiger partial charge in [0.15, 0.2) is 0 Å². The van der Waals surface area contributed by atoms with Crippen LogP contribution in [0, 0.1) is 5.92 Å². The highest BCUT2D eigenvalue weighted by Gasteiger charge is 2.26. The van der Waals surface area contributed by atoms with Gasteiger partial charge in [-0.3, -0.25) is 14.9 Å². The maximum Gasteiger partial charge on any atom is 0.407 e. The van der Waals surface area contributed by atoms with Crippen molar-refractivity contribution in [1.29, 1.82) is 0 Å². The van der Waals surface area contributed by atoms with Crippen LogP contribution in [0.3, 0.4) is 0 Å². The maximum atomic E-state index is 11.6. The van der Waals surface area contributed by atoms with Gasteiger partial charge in [0.25, 0.3) is 0 Å². The molecule has 4 N–H and O–H groups in total. The molecule has 2 atom stereocenters. The topological polar surface area (TPSA) is 125 Å². The molecule has 1 aromatic carbocycles. The van der Waals surface area contributed by atoms with Gasteiger partial charge < -0.3 is 20.3 Å². The summed E-state index contributed by atoms with van der Waals surface area (Å²) >= 11 is 0. The number of nitrogens with one attached hydrogen (secondary N) is 2. The highest BCUT2D eigenvalue weighted by molar-refractivity contribution is 5.77. The standard InChI is InChI=1S/C18H26N2O6/c1-12(2)10-15(17(23)24)20-14(16(21)22)8-9-19-18(25)26-11-13-6-4-3-5-7-13/h3-7,12,14-15,20H,8-11H2,1-2H3,(H,19,25)(H,21,22)(H,23,24). The van der Waals surface area contributed by atoms with Crippen LogP contribution in [0.25, 0.3) is 0 Å². The molecule has 0 aliphatic carbocycles. The Balaban J connectivity index is 2.41. The van der Waals surface area contributed by atoms with Crippen molar-refractivity contribution in [3.8, 4) is 0 Å². The highest BCUT2D eigenvalue weighted by atomic mass is 16.5. The average molecular weight is 366 g/mol. The van der Waals surface area contributed by atoms with E-state index in [2.05, 4.69) is 10.6 Å². The normalized spacial score (nSPS) is 13.0. The van der Waals surface area contributed by atoms with Crippen molar-refractivity contribution >= 4 is 18.0 Å². The lowest BCUT2D eigenvalue weighted by atomic mass is 10.0. The SMILES string of the molecule is CC(C)CC(NC(CCNC(=O)OCc1ccccc1)C(=O)O)C(=O)O. The minimum atomic E-state index is -1.17. The van der Waals surface area contributed by atoms with Crippen molar-refractivity contribution in [2.75, 3.05) is 6.54 Å². The first-order valence-corrected chi connectivity index (χ1v) is 8.45. The molecule has 0 saturated carbocycles. The fourth-order valence-electron chi connectivity index (χ4n) is 2.33. The predicted octanol–water partition coefficient (Wildman–Crippen LogP) is 1.84. The fraction of sp³-hybridized carbons (Fsp3) is 0.500. The molecule has 0 fully saturated rings. The van der Waals surface area contributed by atoms with E-state index in [0.29, 0.717) is 6.42 Å². The Bertz CT molecular complexity index is 591. The van der Waals surface area contributed by atoms with Crippen LogP contribution in [0.2, 0.25) is 0 Å². The summed E-state index contributed by atoms with van der Waals surface area (Å²) in [7, 11) is 0. The Morgan fingerprint density at radius 3 is 2.19 bits per heavy atom. The lowest BCUT2D eigenvalue weighted by Crippen LogP contribution is -2.49. The van der Waals surface area contributed by atoms with E-state index in [4.69, 9.17) is 4.74 Å². The molecule has 0 saturated heterocycles. The lowest BCUT2D eigenvalue weighted by molar-refractivity contribution is -0.143. The number of carbonyl (C=O) groups is 3. The van der Waals surface area contributed by atoms with Crippen molar-refractivity contribution in [3.63, 3.8) is 0 Å². The first kappa shape index (κ1) is 21.4. The zero-order valence-corrected chi connectivity index (χ0v) is 15.0. The summed E-state index contributed by atoms with van der Waals surface area (Å²) in [6.07, 6.45) is -0.307. The first-order chi connectivity index (χ1) is 12.3. The van der Waals surface area contributed by atoms with Gasteiger partial charge in [0.1, 0.15) is 18.7 Å². The number of rotatable bonds is 11.